The van der Waals surface area contributed by atoms with Crippen LogP contribution in [0.3, 0.4) is 0 Å². The Hall–Kier alpha value is -1.76. The zero-order chi connectivity index (χ0) is 19.7. The third kappa shape index (κ3) is 3.13. The molecule has 4 aliphatic heterocycles. The Morgan fingerprint density at radius 2 is 0.897 bits per heavy atom. The fourth-order valence-electron chi connectivity index (χ4n) is 4.02. The molecule has 0 bridgehead atoms. The van der Waals surface area contributed by atoms with E-state index in [4.69, 9.17) is 23.7 Å². The smallest absolute Gasteiger partial charge is 0.140 e. The second-order valence-corrected chi connectivity index (χ2v) is 9.25. The Morgan fingerprint density at radius 3 is 1.17 bits per heavy atom. The van der Waals surface area contributed by atoms with E-state index in [0.717, 1.165) is 13.2 Å². The van der Waals surface area contributed by atoms with Gasteiger partial charge in [0, 0.05) is 0 Å². The Balaban J connectivity index is 1.09. The Labute approximate surface area is 170 Å². The molecule has 29 heavy (non-hydrogen) atoms. The minimum Gasteiger partial charge on any atom is -0.375 e. The summed E-state index contributed by atoms with van der Waals surface area (Å²) in [6, 6.07) is 17.1. The maximum Gasteiger partial charge on any atom is 0.140 e. The molecule has 152 valence electrons. The van der Waals surface area contributed by atoms with Crippen LogP contribution in [-0.4, -0.2) is 39.6 Å². The van der Waals surface area contributed by atoms with E-state index in [9.17, 15) is 0 Å². The maximum atomic E-state index is 6.12. The summed E-state index contributed by atoms with van der Waals surface area (Å²) < 4.78 is 28.8. The van der Waals surface area contributed by atoms with Gasteiger partial charge in [-0.1, -0.05) is 48.5 Å². The molecule has 4 fully saturated rings. The number of benzene rings is 2. The summed E-state index contributed by atoms with van der Waals surface area (Å²) >= 11 is 0. The molecular weight excluding hydrogens is 368 g/mol. The molecule has 5 nitrogen and oxygen atoms in total. The van der Waals surface area contributed by atoms with Gasteiger partial charge in [-0.25, -0.2) is 0 Å². The summed E-state index contributed by atoms with van der Waals surface area (Å²) in [5, 5.41) is 0. The van der Waals surface area contributed by atoms with Crippen LogP contribution in [0.2, 0.25) is 0 Å². The van der Waals surface area contributed by atoms with Crippen LogP contribution in [0.5, 0.6) is 0 Å². The summed E-state index contributed by atoms with van der Waals surface area (Å²) in [6.45, 7) is 8.30. The second kappa shape index (κ2) is 5.90. The van der Waals surface area contributed by atoms with Crippen LogP contribution < -0.4 is 0 Å². The first-order chi connectivity index (χ1) is 14.0. The quantitative estimate of drug-likeness (QED) is 0.643. The Morgan fingerprint density at radius 1 is 0.586 bits per heavy atom. The molecule has 4 atom stereocenters. The first-order valence-corrected chi connectivity index (χ1v) is 10.3. The van der Waals surface area contributed by atoms with Crippen LogP contribution in [0.25, 0.3) is 0 Å². The molecule has 0 spiro atoms. The maximum absolute atomic E-state index is 6.12. The fourth-order valence-corrected chi connectivity index (χ4v) is 4.02. The molecular formula is C24H26O5. The molecule has 5 heteroatoms. The molecule has 0 amide bonds. The minimum absolute atomic E-state index is 0.0963. The fraction of sp³-hybridized carbons (Fsp3) is 0.500. The van der Waals surface area contributed by atoms with Crippen molar-refractivity contribution in [1.29, 1.82) is 0 Å². The van der Waals surface area contributed by atoms with E-state index in [2.05, 4.69) is 62.4 Å². The standard InChI is InChI=1S/C24H26O5/c1-21(11-26-21)17-3-7-19(8-4-17)23(15-28-23)13-25-14-24(16-29-24)20-9-5-18(6-10-20)22(2)12-27-22/h3-10H,11-16H2,1-2H3. The molecule has 2 aromatic carbocycles. The van der Waals surface area contributed by atoms with Crippen molar-refractivity contribution in [3.8, 4) is 0 Å². The van der Waals surface area contributed by atoms with E-state index < -0.39 is 0 Å². The van der Waals surface area contributed by atoms with Gasteiger partial charge >= 0.3 is 0 Å². The van der Waals surface area contributed by atoms with E-state index in [-0.39, 0.29) is 22.4 Å². The molecule has 0 aromatic heterocycles. The van der Waals surface area contributed by atoms with Gasteiger partial charge in [0.05, 0.1) is 39.6 Å². The molecule has 4 saturated heterocycles. The van der Waals surface area contributed by atoms with E-state index >= 15 is 0 Å². The zero-order valence-corrected chi connectivity index (χ0v) is 16.9. The van der Waals surface area contributed by atoms with Crippen LogP contribution in [0.4, 0.5) is 0 Å². The number of hydrogen-bond acceptors (Lipinski definition) is 5. The van der Waals surface area contributed by atoms with Crippen LogP contribution in [0.1, 0.15) is 36.1 Å². The van der Waals surface area contributed by atoms with Gasteiger partial charge in [-0.15, -0.1) is 0 Å². The largest absolute Gasteiger partial charge is 0.375 e. The van der Waals surface area contributed by atoms with Crippen molar-refractivity contribution in [2.24, 2.45) is 0 Å². The number of epoxide rings is 4. The molecule has 4 aliphatic rings. The number of ether oxygens (including phenoxy) is 5. The van der Waals surface area contributed by atoms with Crippen molar-refractivity contribution in [3.05, 3.63) is 70.8 Å². The van der Waals surface area contributed by atoms with Gasteiger partial charge in [0.25, 0.3) is 0 Å². The third-order valence-electron chi connectivity index (χ3n) is 6.85. The summed E-state index contributed by atoms with van der Waals surface area (Å²) in [4.78, 5) is 0. The average molecular weight is 394 g/mol. The van der Waals surface area contributed by atoms with Gasteiger partial charge < -0.3 is 23.7 Å². The van der Waals surface area contributed by atoms with Crippen molar-refractivity contribution >= 4 is 0 Å². The van der Waals surface area contributed by atoms with E-state index in [1.165, 1.54) is 22.3 Å². The highest BCUT2D eigenvalue weighted by molar-refractivity contribution is 5.36. The molecule has 4 unspecified atom stereocenters. The Kier molecular flexibility index (Phi) is 3.67. The van der Waals surface area contributed by atoms with Crippen LogP contribution in [0, 0.1) is 0 Å². The van der Waals surface area contributed by atoms with Crippen LogP contribution >= 0.6 is 0 Å². The van der Waals surface area contributed by atoms with Crippen molar-refractivity contribution in [2.75, 3.05) is 39.6 Å². The summed E-state index contributed by atoms with van der Waals surface area (Å²) in [6.07, 6.45) is 0. The highest BCUT2D eigenvalue weighted by Gasteiger charge is 2.51. The lowest BCUT2D eigenvalue weighted by Gasteiger charge is -2.18. The second-order valence-electron chi connectivity index (χ2n) is 9.25. The molecule has 6 rings (SSSR count). The third-order valence-corrected chi connectivity index (χ3v) is 6.85. The molecule has 0 aliphatic carbocycles. The highest BCUT2D eigenvalue weighted by atomic mass is 16.6. The van der Waals surface area contributed by atoms with Gasteiger partial charge in [-0.2, -0.15) is 0 Å². The topological polar surface area (TPSA) is 59.4 Å². The molecule has 0 saturated carbocycles. The van der Waals surface area contributed by atoms with Gasteiger partial charge in [-0.3, -0.25) is 0 Å². The van der Waals surface area contributed by atoms with Gasteiger partial charge in [0.1, 0.15) is 22.4 Å². The number of hydrogen-bond donors (Lipinski definition) is 0. The Bertz CT molecular complexity index is 839. The minimum atomic E-state index is -0.318. The van der Waals surface area contributed by atoms with Gasteiger partial charge in [0.2, 0.25) is 0 Å². The van der Waals surface area contributed by atoms with Crippen LogP contribution in [-0.2, 0) is 46.1 Å². The van der Waals surface area contributed by atoms with E-state index in [1.807, 2.05) is 0 Å². The lowest BCUT2D eigenvalue weighted by molar-refractivity contribution is 0.0403. The predicted molar refractivity (Wildman–Crippen MR) is 106 cm³/mol. The first kappa shape index (κ1) is 18.0. The first-order valence-electron chi connectivity index (χ1n) is 10.3. The SMILES string of the molecule is CC1(c2ccc(C3(COCC4(c5ccc(C6(C)CO6)cc5)CO4)CO3)cc2)CO1. The van der Waals surface area contributed by atoms with Gasteiger partial charge in [0.15, 0.2) is 0 Å². The van der Waals surface area contributed by atoms with Crippen molar-refractivity contribution in [3.63, 3.8) is 0 Å². The average Bonchev–Trinajstić information content (AvgIpc) is 3.56. The lowest BCUT2D eigenvalue weighted by Crippen LogP contribution is -2.24. The van der Waals surface area contributed by atoms with Crippen molar-refractivity contribution in [1.82, 2.24) is 0 Å². The van der Waals surface area contributed by atoms with E-state index in [1.54, 1.807) is 0 Å². The van der Waals surface area contributed by atoms with Gasteiger partial charge in [-0.05, 0) is 36.1 Å². The monoisotopic (exact) mass is 394 g/mol. The van der Waals surface area contributed by atoms with E-state index in [0.29, 0.717) is 26.4 Å². The normalized spacial score (nSPS) is 39.2. The molecule has 0 radical (unpaired) electrons. The summed E-state index contributed by atoms with van der Waals surface area (Å²) in [7, 11) is 0. The predicted octanol–water partition coefficient (Wildman–Crippen LogP) is 3.35. The van der Waals surface area contributed by atoms with Crippen LogP contribution in [0.15, 0.2) is 48.5 Å². The molecule has 2 aromatic rings. The molecule has 0 N–H and O–H groups in total. The molecule has 4 heterocycles. The number of rotatable bonds is 8. The zero-order valence-electron chi connectivity index (χ0n) is 16.9. The summed E-state index contributed by atoms with van der Waals surface area (Å²) in [5.41, 5.74) is 3.94. The van der Waals surface area contributed by atoms with Crippen molar-refractivity contribution < 1.29 is 23.7 Å². The summed E-state index contributed by atoms with van der Waals surface area (Å²) in [5.74, 6) is 0. The van der Waals surface area contributed by atoms with Crippen molar-refractivity contribution in [2.45, 2.75) is 36.3 Å². The highest BCUT2D eigenvalue weighted by Crippen LogP contribution is 2.45. The lowest BCUT2D eigenvalue weighted by atomic mass is 9.95.